The zero-order valence-electron chi connectivity index (χ0n) is 10.6. The topological polar surface area (TPSA) is 64.3 Å². The second-order valence-corrected chi connectivity index (χ2v) is 4.39. The van der Waals surface area contributed by atoms with Gasteiger partial charge in [0, 0.05) is 18.2 Å². The van der Waals surface area contributed by atoms with E-state index in [2.05, 4.69) is 5.32 Å². The van der Waals surface area contributed by atoms with E-state index in [1.807, 2.05) is 0 Å². The third kappa shape index (κ3) is 4.16. The first-order chi connectivity index (χ1) is 7.89. The molecule has 0 saturated carbocycles. The molecular weight excluding hydrogens is 259 g/mol. The summed E-state index contributed by atoms with van der Waals surface area (Å²) in [6.07, 6.45) is 0. The van der Waals surface area contributed by atoms with Crippen LogP contribution in [0.1, 0.15) is 24.2 Å². The van der Waals surface area contributed by atoms with Crippen LogP contribution in [-0.2, 0) is 0 Å². The molecule has 0 radical (unpaired) electrons. The van der Waals surface area contributed by atoms with Crippen LogP contribution >= 0.6 is 12.4 Å². The monoisotopic (exact) mass is 276 g/mol. The van der Waals surface area contributed by atoms with Gasteiger partial charge in [-0.1, -0.05) is 0 Å². The molecule has 0 fully saturated rings. The first kappa shape index (κ1) is 16.7. The van der Waals surface area contributed by atoms with E-state index in [0.717, 1.165) is 0 Å². The van der Waals surface area contributed by atoms with Crippen molar-refractivity contribution in [2.24, 2.45) is 5.73 Å². The zero-order chi connectivity index (χ0) is 13.1. The molecule has 0 unspecified atom stereocenters. The molecule has 0 heterocycles. The molecule has 0 aromatic heterocycles. The van der Waals surface area contributed by atoms with Gasteiger partial charge in [0.25, 0.3) is 5.91 Å². The lowest BCUT2D eigenvalue weighted by molar-refractivity contribution is 0.0911. The molecule has 0 aliphatic rings. The number of amides is 1. The molecule has 1 rings (SSSR count). The van der Waals surface area contributed by atoms with Crippen LogP contribution in [0.4, 0.5) is 4.39 Å². The van der Waals surface area contributed by atoms with Crippen LogP contribution in [0.25, 0.3) is 0 Å². The Kier molecular flexibility index (Phi) is 6.08. The fourth-order valence-corrected chi connectivity index (χ4v) is 1.23. The first-order valence-electron chi connectivity index (χ1n) is 5.26. The molecule has 6 heteroatoms. The molecule has 4 nitrogen and oxygen atoms in total. The molecule has 0 spiro atoms. The Labute approximate surface area is 112 Å². The Morgan fingerprint density at radius 3 is 2.56 bits per heavy atom. The van der Waals surface area contributed by atoms with Gasteiger partial charge < -0.3 is 15.8 Å². The number of ether oxygens (including phenoxy) is 1. The van der Waals surface area contributed by atoms with Gasteiger partial charge in [0.15, 0.2) is 0 Å². The molecule has 1 aromatic rings. The summed E-state index contributed by atoms with van der Waals surface area (Å²) in [4.78, 5) is 11.8. The molecule has 0 bridgehead atoms. The lowest BCUT2D eigenvalue weighted by atomic mass is 10.0. The minimum atomic E-state index is -0.616. The van der Waals surface area contributed by atoms with E-state index in [0.29, 0.717) is 5.75 Å². The number of carbonyl (C=O) groups is 1. The van der Waals surface area contributed by atoms with Crippen molar-refractivity contribution in [3.8, 4) is 5.75 Å². The Morgan fingerprint density at radius 2 is 2.11 bits per heavy atom. The Balaban J connectivity index is 0.00000289. The molecule has 18 heavy (non-hydrogen) atoms. The Hall–Kier alpha value is -1.33. The highest BCUT2D eigenvalue weighted by molar-refractivity contribution is 5.95. The molecular formula is C12H18ClFN2O2. The summed E-state index contributed by atoms with van der Waals surface area (Å²) in [7, 11) is 1.44. The summed E-state index contributed by atoms with van der Waals surface area (Å²) in [5.41, 5.74) is 4.90. The maximum Gasteiger partial charge on any atom is 0.254 e. The summed E-state index contributed by atoms with van der Waals surface area (Å²) in [5.74, 6) is -0.729. The normalized spacial score (nSPS) is 10.5. The van der Waals surface area contributed by atoms with Gasteiger partial charge >= 0.3 is 0 Å². The average Bonchev–Trinajstić information content (AvgIpc) is 2.28. The smallest absolute Gasteiger partial charge is 0.254 e. The Bertz CT molecular complexity index is 425. The molecule has 0 aliphatic carbocycles. The summed E-state index contributed by atoms with van der Waals surface area (Å²) >= 11 is 0. The van der Waals surface area contributed by atoms with Crippen LogP contribution < -0.4 is 15.8 Å². The molecule has 1 amide bonds. The van der Waals surface area contributed by atoms with Crippen LogP contribution in [0, 0.1) is 5.82 Å². The molecule has 0 atom stereocenters. The van der Waals surface area contributed by atoms with E-state index >= 15 is 0 Å². The highest BCUT2D eigenvalue weighted by atomic mass is 35.5. The number of nitrogens with one attached hydrogen (secondary N) is 1. The SMILES string of the molecule is COc1ccc(C(=O)NC(C)(C)CN)c(F)c1.Cl. The van der Waals surface area contributed by atoms with Gasteiger partial charge in [-0.15, -0.1) is 12.4 Å². The highest BCUT2D eigenvalue weighted by Gasteiger charge is 2.21. The predicted molar refractivity (Wildman–Crippen MR) is 70.8 cm³/mol. The van der Waals surface area contributed by atoms with Gasteiger partial charge in [-0.05, 0) is 26.0 Å². The van der Waals surface area contributed by atoms with E-state index in [1.54, 1.807) is 13.8 Å². The molecule has 3 N–H and O–H groups in total. The van der Waals surface area contributed by atoms with E-state index in [9.17, 15) is 9.18 Å². The summed E-state index contributed by atoms with van der Waals surface area (Å²) in [5, 5.41) is 2.66. The van der Waals surface area contributed by atoms with Crippen LogP contribution in [-0.4, -0.2) is 25.1 Å². The quantitative estimate of drug-likeness (QED) is 0.880. The van der Waals surface area contributed by atoms with E-state index < -0.39 is 17.3 Å². The van der Waals surface area contributed by atoms with Crippen LogP contribution in [0.2, 0.25) is 0 Å². The van der Waals surface area contributed by atoms with E-state index in [1.165, 1.54) is 25.3 Å². The predicted octanol–water partition coefficient (Wildman–Crippen LogP) is 1.72. The summed E-state index contributed by atoms with van der Waals surface area (Å²) < 4.78 is 18.5. The summed E-state index contributed by atoms with van der Waals surface area (Å²) in [6.45, 7) is 3.81. The average molecular weight is 277 g/mol. The number of hydrogen-bond donors (Lipinski definition) is 2. The van der Waals surface area contributed by atoms with Crippen LogP contribution in [0.5, 0.6) is 5.75 Å². The number of rotatable bonds is 4. The fourth-order valence-electron chi connectivity index (χ4n) is 1.23. The van der Waals surface area contributed by atoms with Crippen molar-refractivity contribution in [2.75, 3.05) is 13.7 Å². The second-order valence-electron chi connectivity index (χ2n) is 4.39. The fraction of sp³-hybridized carbons (Fsp3) is 0.417. The first-order valence-corrected chi connectivity index (χ1v) is 5.26. The lowest BCUT2D eigenvalue weighted by Gasteiger charge is -2.24. The summed E-state index contributed by atoms with van der Waals surface area (Å²) in [6, 6.07) is 4.09. The van der Waals surface area contributed by atoms with Crippen LogP contribution in [0.3, 0.4) is 0 Å². The van der Waals surface area contributed by atoms with Gasteiger partial charge in [0.1, 0.15) is 11.6 Å². The standard InChI is InChI=1S/C12H17FN2O2.ClH/c1-12(2,7-14)15-11(16)9-5-4-8(17-3)6-10(9)13;/h4-6H,7,14H2,1-3H3,(H,15,16);1H. The van der Waals surface area contributed by atoms with E-state index in [4.69, 9.17) is 10.5 Å². The van der Waals surface area contributed by atoms with Crippen molar-refractivity contribution in [3.63, 3.8) is 0 Å². The van der Waals surface area contributed by atoms with Gasteiger partial charge in [-0.25, -0.2) is 4.39 Å². The number of carbonyl (C=O) groups excluding carboxylic acids is 1. The number of hydrogen-bond acceptors (Lipinski definition) is 3. The second kappa shape index (κ2) is 6.56. The van der Waals surface area contributed by atoms with Gasteiger partial charge in [-0.3, -0.25) is 4.79 Å². The number of nitrogens with two attached hydrogens (primary N) is 1. The lowest BCUT2D eigenvalue weighted by Crippen LogP contribution is -2.49. The van der Waals surface area contributed by atoms with Gasteiger partial charge in [-0.2, -0.15) is 0 Å². The highest BCUT2D eigenvalue weighted by Crippen LogP contribution is 2.16. The maximum atomic E-state index is 13.6. The van der Waals surface area contributed by atoms with E-state index in [-0.39, 0.29) is 24.5 Å². The third-order valence-corrected chi connectivity index (χ3v) is 2.38. The third-order valence-electron chi connectivity index (χ3n) is 2.38. The zero-order valence-corrected chi connectivity index (χ0v) is 11.4. The number of halogens is 2. The molecule has 0 saturated heterocycles. The van der Waals surface area contributed by atoms with Crippen molar-refractivity contribution in [1.82, 2.24) is 5.32 Å². The van der Waals surface area contributed by atoms with Crippen molar-refractivity contribution in [2.45, 2.75) is 19.4 Å². The van der Waals surface area contributed by atoms with Gasteiger partial charge in [0.05, 0.1) is 12.7 Å². The number of methoxy groups -OCH3 is 1. The largest absolute Gasteiger partial charge is 0.497 e. The number of benzene rings is 1. The van der Waals surface area contributed by atoms with Crippen molar-refractivity contribution in [1.29, 1.82) is 0 Å². The minimum Gasteiger partial charge on any atom is -0.497 e. The van der Waals surface area contributed by atoms with Crippen molar-refractivity contribution < 1.29 is 13.9 Å². The molecule has 102 valence electrons. The van der Waals surface area contributed by atoms with Crippen molar-refractivity contribution >= 4 is 18.3 Å². The molecule has 0 aliphatic heterocycles. The van der Waals surface area contributed by atoms with Crippen molar-refractivity contribution in [3.05, 3.63) is 29.6 Å². The maximum absolute atomic E-state index is 13.6. The van der Waals surface area contributed by atoms with Crippen LogP contribution in [0.15, 0.2) is 18.2 Å². The molecule has 1 aromatic carbocycles. The minimum absolute atomic E-state index is 0. The Morgan fingerprint density at radius 1 is 1.50 bits per heavy atom. The van der Waals surface area contributed by atoms with Gasteiger partial charge in [0.2, 0.25) is 0 Å².